The summed E-state index contributed by atoms with van der Waals surface area (Å²) in [6.45, 7) is 6.08. The summed E-state index contributed by atoms with van der Waals surface area (Å²) in [7, 11) is -3.17. The molecule has 0 bridgehead atoms. The summed E-state index contributed by atoms with van der Waals surface area (Å²) in [5, 5.41) is 3.40. The second kappa shape index (κ2) is 6.84. The van der Waals surface area contributed by atoms with Crippen LogP contribution in [0.5, 0.6) is 0 Å². The van der Waals surface area contributed by atoms with E-state index in [9.17, 15) is 13.2 Å². The Morgan fingerprint density at radius 3 is 2.42 bits per heavy atom. The van der Waals surface area contributed by atoms with Gasteiger partial charge in [-0.05, 0) is 46.6 Å². The van der Waals surface area contributed by atoms with Gasteiger partial charge in [-0.3, -0.25) is 4.79 Å². The summed E-state index contributed by atoms with van der Waals surface area (Å²) in [4.78, 5) is 11.8. The highest BCUT2D eigenvalue weighted by Gasteiger charge is 2.29. The fourth-order valence-corrected chi connectivity index (χ4v) is 3.29. The van der Waals surface area contributed by atoms with Crippen molar-refractivity contribution < 1.29 is 13.2 Å². The number of piperidine rings is 1. The van der Waals surface area contributed by atoms with Crippen LogP contribution in [0.25, 0.3) is 0 Å². The molecule has 0 aromatic rings. The number of hydrogen-bond acceptors (Lipinski definition) is 4. The van der Waals surface area contributed by atoms with E-state index in [1.165, 1.54) is 12.8 Å². The first kappa shape index (κ1) is 16.6. The van der Waals surface area contributed by atoms with Gasteiger partial charge in [0.25, 0.3) is 0 Å². The van der Waals surface area contributed by atoms with Gasteiger partial charge < -0.3 is 5.32 Å². The van der Waals surface area contributed by atoms with E-state index in [1.807, 2.05) is 0 Å². The predicted molar refractivity (Wildman–Crippen MR) is 78.0 cm³/mol. The molecule has 4 nitrogen and oxygen atoms in total. The highest BCUT2D eigenvalue weighted by Crippen LogP contribution is 2.18. The zero-order chi connectivity index (χ0) is 14.5. The Morgan fingerprint density at radius 1 is 1.21 bits per heavy atom. The van der Waals surface area contributed by atoms with Crippen molar-refractivity contribution in [2.45, 2.75) is 70.1 Å². The molecule has 1 N–H and O–H groups in total. The van der Waals surface area contributed by atoms with Gasteiger partial charge in [0.15, 0.2) is 9.84 Å². The molecule has 0 radical (unpaired) electrons. The molecule has 1 atom stereocenters. The van der Waals surface area contributed by atoms with Gasteiger partial charge in [0.05, 0.1) is 10.5 Å². The highest BCUT2D eigenvalue weighted by atomic mass is 32.2. The summed E-state index contributed by atoms with van der Waals surface area (Å²) in [6.07, 6.45) is 5.07. The molecule has 1 heterocycles. The summed E-state index contributed by atoms with van der Waals surface area (Å²) < 4.78 is 23.0. The Bertz CT molecular complexity index is 389. The molecule has 1 aliphatic heterocycles. The minimum atomic E-state index is -3.17. The average molecular weight is 289 g/mol. The van der Waals surface area contributed by atoms with Crippen molar-refractivity contribution >= 4 is 15.6 Å². The average Bonchev–Trinajstić information content (AvgIpc) is 2.34. The fourth-order valence-electron chi connectivity index (χ4n) is 2.18. The molecule has 5 heteroatoms. The molecule has 19 heavy (non-hydrogen) atoms. The molecule has 112 valence electrons. The van der Waals surface area contributed by atoms with E-state index in [1.54, 1.807) is 20.8 Å². The van der Waals surface area contributed by atoms with Crippen LogP contribution in [0.2, 0.25) is 0 Å². The van der Waals surface area contributed by atoms with Crippen LogP contribution in [0.3, 0.4) is 0 Å². The van der Waals surface area contributed by atoms with E-state index >= 15 is 0 Å². The Hall–Kier alpha value is -0.420. The number of ketones is 1. The summed E-state index contributed by atoms with van der Waals surface area (Å²) in [5.74, 6) is 0.0492. The lowest BCUT2D eigenvalue weighted by Gasteiger charge is -2.23. The van der Waals surface area contributed by atoms with Gasteiger partial charge in [0.2, 0.25) is 0 Å². The van der Waals surface area contributed by atoms with E-state index in [2.05, 4.69) is 5.32 Å². The van der Waals surface area contributed by atoms with Crippen molar-refractivity contribution in [2.75, 3.05) is 12.3 Å². The van der Waals surface area contributed by atoms with E-state index in [-0.39, 0.29) is 18.0 Å². The van der Waals surface area contributed by atoms with Gasteiger partial charge in [0.1, 0.15) is 5.78 Å². The Morgan fingerprint density at radius 2 is 1.89 bits per heavy atom. The van der Waals surface area contributed by atoms with Crippen LogP contribution >= 0.6 is 0 Å². The van der Waals surface area contributed by atoms with Gasteiger partial charge in [0, 0.05) is 18.9 Å². The number of hydrogen-bond donors (Lipinski definition) is 1. The number of nitrogens with one attached hydrogen (secondary N) is 1. The molecular formula is C14H27NO3S. The Labute approximate surface area is 117 Å². The van der Waals surface area contributed by atoms with Crippen molar-refractivity contribution in [1.29, 1.82) is 0 Å². The molecule has 0 aromatic heterocycles. The van der Waals surface area contributed by atoms with E-state index < -0.39 is 14.6 Å². The molecule has 1 aliphatic rings. The number of carbonyl (C=O) groups excluding carboxylic acids is 1. The maximum atomic E-state index is 11.9. The predicted octanol–water partition coefficient (Wildman–Crippen LogP) is 2.08. The molecular weight excluding hydrogens is 262 g/mol. The normalized spacial score (nSPS) is 21.3. The lowest BCUT2D eigenvalue weighted by atomic mass is 9.99. The monoisotopic (exact) mass is 289 g/mol. The number of carbonyl (C=O) groups is 1. The Kier molecular flexibility index (Phi) is 5.99. The third-order valence-corrected chi connectivity index (χ3v) is 6.37. The molecule has 1 rings (SSSR count). The SMILES string of the molecule is CC(C)(C)S(=O)(=O)CCC(=O)CCC1CCCCN1. The highest BCUT2D eigenvalue weighted by molar-refractivity contribution is 7.92. The molecule has 1 fully saturated rings. The first-order valence-corrected chi connectivity index (χ1v) is 8.85. The molecule has 0 saturated carbocycles. The van der Waals surface area contributed by atoms with E-state index in [0.717, 1.165) is 19.4 Å². The molecule has 0 aliphatic carbocycles. The zero-order valence-electron chi connectivity index (χ0n) is 12.4. The summed E-state index contributed by atoms with van der Waals surface area (Å²) in [6, 6.07) is 0.442. The van der Waals surface area contributed by atoms with Crippen LogP contribution in [0.15, 0.2) is 0 Å². The van der Waals surface area contributed by atoms with Crippen LogP contribution in [-0.2, 0) is 14.6 Å². The minimum absolute atomic E-state index is 0.0204. The lowest BCUT2D eigenvalue weighted by molar-refractivity contribution is -0.118. The lowest BCUT2D eigenvalue weighted by Crippen LogP contribution is -2.34. The van der Waals surface area contributed by atoms with Crippen molar-refractivity contribution in [2.24, 2.45) is 0 Å². The molecule has 0 aromatic carbocycles. The van der Waals surface area contributed by atoms with Crippen molar-refractivity contribution in [3.05, 3.63) is 0 Å². The van der Waals surface area contributed by atoms with Crippen molar-refractivity contribution in [3.63, 3.8) is 0 Å². The van der Waals surface area contributed by atoms with Gasteiger partial charge in [-0.1, -0.05) is 6.42 Å². The maximum absolute atomic E-state index is 11.9. The van der Waals surface area contributed by atoms with E-state index in [0.29, 0.717) is 12.5 Å². The van der Waals surface area contributed by atoms with Crippen LogP contribution in [0.1, 0.15) is 59.3 Å². The van der Waals surface area contributed by atoms with Gasteiger partial charge in [-0.15, -0.1) is 0 Å². The standard InChI is InChI=1S/C14H27NO3S/c1-14(2,3)19(17,18)11-9-13(16)8-7-12-6-4-5-10-15-12/h12,15H,4-11H2,1-3H3. The minimum Gasteiger partial charge on any atom is -0.314 e. The second-order valence-corrected chi connectivity index (χ2v) is 9.27. The van der Waals surface area contributed by atoms with Crippen molar-refractivity contribution in [1.82, 2.24) is 5.32 Å². The van der Waals surface area contributed by atoms with Crippen LogP contribution in [-0.4, -0.2) is 37.3 Å². The third kappa shape index (κ3) is 5.61. The number of sulfone groups is 1. The van der Waals surface area contributed by atoms with Crippen LogP contribution in [0.4, 0.5) is 0 Å². The quantitative estimate of drug-likeness (QED) is 0.813. The number of Topliss-reactive ketones (excluding diaryl/α,β-unsaturated/α-hetero) is 1. The first-order chi connectivity index (χ1) is 8.72. The van der Waals surface area contributed by atoms with Crippen LogP contribution in [0, 0.1) is 0 Å². The summed E-state index contributed by atoms with van der Waals surface area (Å²) >= 11 is 0. The smallest absolute Gasteiger partial charge is 0.155 e. The zero-order valence-corrected chi connectivity index (χ0v) is 13.2. The first-order valence-electron chi connectivity index (χ1n) is 7.20. The largest absolute Gasteiger partial charge is 0.314 e. The van der Waals surface area contributed by atoms with E-state index in [4.69, 9.17) is 0 Å². The summed E-state index contributed by atoms with van der Waals surface area (Å²) in [5.41, 5.74) is 0. The maximum Gasteiger partial charge on any atom is 0.155 e. The Balaban J connectivity index is 2.28. The number of rotatable bonds is 6. The van der Waals surface area contributed by atoms with Gasteiger partial charge in [-0.25, -0.2) is 8.42 Å². The second-order valence-electron chi connectivity index (χ2n) is 6.41. The van der Waals surface area contributed by atoms with Crippen LogP contribution < -0.4 is 5.32 Å². The van der Waals surface area contributed by atoms with Gasteiger partial charge in [-0.2, -0.15) is 0 Å². The molecule has 1 unspecified atom stereocenters. The van der Waals surface area contributed by atoms with Gasteiger partial charge >= 0.3 is 0 Å². The molecule has 0 amide bonds. The topological polar surface area (TPSA) is 63.2 Å². The molecule has 1 saturated heterocycles. The molecule has 0 spiro atoms. The third-order valence-electron chi connectivity index (χ3n) is 3.77. The van der Waals surface area contributed by atoms with Crippen molar-refractivity contribution in [3.8, 4) is 0 Å². The fraction of sp³-hybridized carbons (Fsp3) is 0.929.